The molecular formula is C32H32FN3O2. The summed E-state index contributed by atoms with van der Waals surface area (Å²) in [5, 5.41) is 0. The number of ether oxygens (including phenoxy) is 1. The number of methoxy groups -OCH3 is 1. The van der Waals surface area contributed by atoms with Gasteiger partial charge in [-0.05, 0) is 55.0 Å². The molecule has 0 unspecified atom stereocenters. The van der Waals surface area contributed by atoms with Gasteiger partial charge in [0.05, 0.1) is 18.4 Å². The van der Waals surface area contributed by atoms with Crippen LogP contribution in [0.25, 0.3) is 23.0 Å². The average Bonchev–Trinajstić information content (AvgIpc) is 3.31. The van der Waals surface area contributed by atoms with E-state index in [1.54, 1.807) is 19.2 Å². The first-order valence-electron chi connectivity index (χ1n) is 12.9. The van der Waals surface area contributed by atoms with Gasteiger partial charge < -0.3 is 14.2 Å². The molecule has 4 aromatic rings. The zero-order valence-corrected chi connectivity index (χ0v) is 21.8. The quantitative estimate of drug-likeness (QED) is 0.303. The third kappa shape index (κ3) is 5.55. The highest BCUT2D eigenvalue weighted by molar-refractivity contribution is 5.97. The third-order valence-corrected chi connectivity index (χ3v) is 7.06. The minimum atomic E-state index is -0.297. The molecule has 0 spiro atoms. The van der Waals surface area contributed by atoms with E-state index in [2.05, 4.69) is 29.2 Å². The van der Waals surface area contributed by atoms with Gasteiger partial charge in [-0.1, -0.05) is 54.6 Å². The number of hydrogen-bond donors (Lipinski definition) is 0. The Morgan fingerprint density at radius 3 is 2.37 bits per heavy atom. The summed E-state index contributed by atoms with van der Waals surface area (Å²) in [7, 11) is 1.63. The minimum Gasteiger partial charge on any atom is -0.497 e. The Morgan fingerprint density at radius 1 is 0.921 bits per heavy atom. The maximum absolute atomic E-state index is 13.7. The summed E-state index contributed by atoms with van der Waals surface area (Å²) in [5.41, 5.74) is 5.26. The zero-order valence-electron chi connectivity index (χ0n) is 21.8. The van der Waals surface area contributed by atoms with Crippen LogP contribution in [-0.4, -0.2) is 60.1 Å². The summed E-state index contributed by atoms with van der Waals surface area (Å²) in [6, 6.07) is 26.3. The molecule has 1 amide bonds. The molecule has 194 valence electrons. The summed E-state index contributed by atoms with van der Waals surface area (Å²) >= 11 is 0. The lowest BCUT2D eigenvalue weighted by molar-refractivity contribution is 0.0649. The Bertz CT molecular complexity index is 1420. The van der Waals surface area contributed by atoms with Crippen LogP contribution in [0.4, 0.5) is 4.39 Å². The number of rotatable bonds is 7. The zero-order chi connectivity index (χ0) is 26.5. The van der Waals surface area contributed by atoms with E-state index >= 15 is 0 Å². The van der Waals surface area contributed by atoms with Crippen LogP contribution in [0.15, 0.2) is 91.0 Å². The summed E-state index contributed by atoms with van der Waals surface area (Å²) in [6.45, 7) is 5.81. The predicted octanol–water partition coefficient (Wildman–Crippen LogP) is 6.07. The molecule has 5 rings (SSSR count). The molecule has 1 aliphatic heterocycles. The molecule has 1 aliphatic rings. The van der Waals surface area contributed by atoms with E-state index in [0.29, 0.717) is 18.7 Å². The Hall–Kier alpha value is -4.16. The van der Waals surface area contributed by atoms with E-state index in [0.717, 1.165) is 48.0 Å². The van der Waals surface area contributed by atoms with Crippen LogP contribution in [0.1, 0.15) is 21.6 Å². The standard InChI is InChI=1S/C32H32FN3O2/c1-24-30(32(37)35-20-18-34(19-21-35)17-7-10-25-8-4-3-5-9-25)23-31(26-11-6-12-29(22-26)38-2)36(24)28-15-13-27(33)14-16-28/h3-16,22-23H,17-21H2,1-2H3/b10-7+. The van der Waals surface area contributed by atoms with Crippen LogP contribution < -0.4 is 4.74 Å². The van der Waals surface area contributed by atoms with Crippen molar-refractivity contribution in [2.45, 2.75) is 6.92 Å². The summed E-state index contributed by atoms with van der Waals surface area (Å²) < 4.78 is 21.2. The molecule has 0 aliphatic carbocycles. The molecule has 38 heavy (non-hydrogen) atoms. The highest BCUT2D eigenvalue weighted by atomic mass is 19.1. The van der Waals surface area contributed by atoms with E-state index in [9.17, 15) is 9.18 Å². The molecule has 1 saturated heterocycles. The second kappa shape index (κ2) is 11.5. The van der Waals surface area contributed by atoms with Crippen molar-refractivity contribution in [3.05, 3.63) is 114 Å². The molecule has 0 saturated carbocycles. The minimum absolute atomic E-state index is 0.0204. The van der Waals surface area contributed by atoms with Crippen molar-refractivity contribution in [3.8, 4) is 22.7 Å². The van der Waals surface area contributed by atoms with Gasteiger partial charge in [-0.25, -0.2) is 4.39 Å². The molecule has 1 fully saturated rings. The number of amides is 1. The van der Waals surface area contributed by atoms with Gasteiger partial charge in [-0.2, -0.15) is 0 Å². The third-order valence-electron chi connectivity index (χ3n) is 7.06. The van der Waals surface area contributed by atoms with Crippen molar-refractivity contribution in [1.29, 1.82) is 0 Å². The van der Waals surface area contributed by atoms with E-state index in [4.69, 9.17) is 4.74 Å². The fourth-order valence-electron chi connectivity index (χ4n) is 4.95. The van der Waals surface area contributed by atoms with Gasteiger partial charge in [0.25, 0.3) is 5.91 Å². The first-order valence-corrected chi connectivity index (χ1v) is 12.9. The Kier molecular flexibility index (Phi) is 7.70. The van der Waals surface area contributed by atoms with Gasteiger partial charge in [-0.3, -0.25) is 9.69 Å². The number of hydrogen-bond acceptors (Lipinski definition) is 3. The van der Waals surface area contributed by atoms with Crippen molar-refractivity contribution < 1.29 is 13.9 Å². The summed E-state index contributed by atoms with van der Waals surface area (Å²) in [5.74, 6) is 0.457. The number of halogens is 1. The topological polar surface area (TPSA) is 37.7 Å². The Balaban J connectivity index is 1.36. The second-order valence-electron chi connectivity index (χ2n) is 9.48. The number of benzene rings is 3. The van der Waals surface area contributed by atoms with Crippen LogP contribution in [0.5, 0.6) is 5.75 Å². The maximum atomic E-state index is 13.7. The molecule has 0 bridgehead atoms. The first-order chi connectivity index (χ1) is 18.5. The number of carbonyl (C=O) groups excluding carboxylic acids is 1. The highest BCUT2D eigenvalue weighted by Crippen LogP contribution is 2.32. The van der Waals surface area contributed by atoms with Gasteiger partial charge in [0.1, 0.15) is 11.6 Å². The average molecular weight is 510 g/mol. The van der Waals surface area contributed by atoms with Crippen molar-refractivity contribution in [3.63, 3.8) is 0 Å². The Morgan fingerprint density at radius 2 is 1.66 bits per heavy atom. The van der Waals surface area contributed by atoms with Crippen LogP contribution in [0, 0.1) is 12.7 Å². The molecule has 6 heteroatoms. The normalized spacial score (nSPS) is 14.2. The van der Waals surface area contributed by atoms with Gasteiger partial charge in [0, 0.05) is 49.7 Å². The van der Waals surface area contributed by atoms with E-state index in [-0.39, 0.29) is 11.7 Å². The summed E-state index contributed by atoms with van der Waals surface area (Å²) in [6.07, 6.45) is 4.32. The van der Waals surface area contributed by atoms with Crippen LogP contribution in [-0.2, 0) is 0 Å². The number of piperazine rings is 1. The van der Waals surface area contributed by atoms with Crippen LogP contribution >= 0.6 is 0 Å². The summed E-state index contributed by atoms with van der Waals surface area (Å²) in [4.78, 5) is 18.0. The lowest BCUT2D eigenvalue weighted by Crippen LogP contribution is -2.48. The number of carbonyl (C=O) groups is 1. The molecule has 0 N–H and O–H groups in total. The Labute approximate surface area is 223 Å². The van der Waals surface area contributed by atoms with Crippen molar-refractivity contribution >= 4 is 12.0 Å². The molecule has 5 nitrogen and oxygen atoms in total. The van der Waals surface area contributed by atoms with Gasteiger partial charge in [-0.15, -0.1) is 0 Å². The van der Waals surface area contributed by atoms with Gasteiger partial charge in [0.2, 0.25) is 0 Å². The lowest BCUT2D eigenvalue weighted by atomic mass is 10.1. The molecular weight excluding hydrogens is 477 g/mol. The predicted molar refractivity (Wildman–Crippen MR) is 150 cm³/mol. The molecule has 2 heterocycles. The van der Waals surface area contributed by atoms with Gasteiger partial charge >= 0.3 is 0 Å². The van der Waals surface area contributed by atoms with Crippen molar-refractivity contribution in [2.75, 3.05) is 39.8 Å². The number of aromatic nitrogens is 1. The fraction of sp³-hybridized carbons (Fsp3) is 0.219. The van der Waals surface area contributed by atoms with Crippen molar-refractivity contribution in [2.24, 2.45) is 0 Å². The highest BCUT2D eigenvalue weighted by Gasteiger charge is 2.26. The number of nitrogens with zero attached hydrogens (tertiary/aromatic N) is 3. The smallest absolute Gasteiger partial charge is 0.255 e. The lowest BCUT2D eigenvalue weighted by Gasteiger charge is -2.34. The van der Waals surface area contributed by atoms with Gasteiger partial charge in [0.15, 0.2) is 0 Å². The fourth-order valence-corrected chi connectivity index (χ4v) is 4.95. The molecule has 3 aromatic carbocycles. The molecule has 1 aromatic heterocycles. The van der Waals surface area contributed by atoms with Crippen LogP contribution in [0.2, 0.25) is 0 Å². The SMILES string of the molecule is COc1cccc(-c2cc(C(=O)N3CCN(C/C=C/c4ccccc4)CC3)c(C)n2-c2ccc(F)cc2)c1. The van der Waals surface area contributed by atoms with E-state index in [1.807, 2.05) is 64.9 Å². The molecule has 0 atom stereocenters. The second-order valence-corrected chi connectivity index (χ2v) is 9.48. The first kappa shape index (κ1) is 25.5. The van der Waals surface area contributed by atoms with Crippen molar-refractivity contribution in [1.82, 2.24) is 14.4 Å². The monoisotopic (exact) mass is 509 g/mol. The maximum Gasteiger partial charge on any atom is 0.255 e. The van der Waals surface area contributed by atoms with E-state index < -0.39 is 0 Å². The van der Waals surface area contributed by atoms with E-state index in [1.165, 1.54) is 17.7 Å². The van der Waals surface area contributed by atoms with Crippen LogP contribution in [0.3, 0.4) is 0 Å². The molecule has 0 radical (unpaired) electrons. The largest absolute Gasteiger partial charge is 0.497 e.